The van der Waals surface area contributed by atoms with Gasteiger partial charge in [0.05, 0.1) is 0 Å². The maximum Gasteiger partial charge on any atom is 0.309 e. The van der Waals surface area contributed by atoms with Gasteiger partial charge in [0.15, 0.2) is 12.1 Å². The van der Waals surface area contributed by atoms with Crippen LogP contribution >= 0.6 is 0 Å². The lowest BCUT2D eigenvalue weighted by Crippen LogP contribution is -2.18. The predicted octanol–water partition coefficient (Wildman–Crippen LogP) is 2.28. The number of rotatable bonds is 4. The predicted molar refractivity (Wildman–Crippen MR) is 99.2 cm³/mol. The Bertz CT molecular complexity index is 1110. The zero-order chi connectivity index (χ0) is 18.6. The number of aromatic amines is 2. The molecular weight excluding hydrogens is 344 g/mol. The van der Waals surface area contributed by atoms with Crippen LogP contribution in [0.25, 0.3) is 11.2 Å². The number of hydrogen-bond acceptors (Lipinski definition) is 4. The van der Waals surface area contributed by atoms with Crippen molar-refractivity contribution in [3.63, 3.8) is 0 Å². The molecule has 0 spiro atoms. The number of anilines is 2. The summed E-state index contributed by atoms with van der Waals surface area (Å²) in [6, 6.07) is 17.5. The average Bonchev–Trinajstić information content (AvgIpc) is 3.18. The zero-order valence-electron chi connectivity index (χ0n) is 14.1. The Hall–Kier alpha value is -4.07. The highest BCUT2D eigenvalue weighted by atomic mass is 16.2. The highest BCUT2D eigenvalue weighted by Crippen LogP contribution is 2.18. The first kappa shape index (κ1) is 16.4. The molecule has 0 aliphatic rings. The lowest BCUT2D eigenvalue weighted by Gasteiger charge is -2.06. The Morgan fingerprint density at radius 3 is 2.04 bits per heavy atom. The Kier molecular flexibility index (Phi) is 4.28. The lowest BCUT2D eigenvalue weighted by atomic mass is 10.2. The van der Waals surface area contributed by atoms with Crippen molar-refractivity contribution >= 4 is 34.7 Å². The molecule has 0 saturated heterocycles. The summed E-state index contributed by atoms with van der Waals surface area (Å²) in [6.07, 6.45) is 1.57. The fourth-order valence-corrected chi connectivity index (χ4v) is 2.56. The van der Waals surface area contributed by atoms with Gasteiger partial charge in [-0.1, -0.05) is 41.4 Å². The van der Waals surface area contributed by atoms with E-state index in [4.69, 9.17) is 0 Å². The average molecular weight is 359 g/mol. The van der Waals surface area contributed by atoms with Crippen LogP contribution in [0.4, 0.5) is 11.8 Å². The van der Waals surface area contributed by atoms with E-state index in [-0.39, 0.29) is 23.6 Å². The number of carbonyl (C=O) groups excluding carboxylic acids is 2. The number of aromatic nitrogens is 4. The van der Waals surface area contributed by atoms with Crippen LogP contribution < -0.4 is 15.6 Å². The Morgan fingerprint density at radius 1 is 0.815 bits per heavy atom. The van der Waals surface area contributed by atoms with Crippen LogP contribution in [0, 0.1) is 0 Å². The standard InChI is InChI=1S/C19H14N6O2/c26-17(12-7-3-1-4-8-12)22-16-14-15(21-11-20-14)23-19(24-16)25-18(27)13-9-5-2-6-10-13/h1-11H,(H3,20,21,22,23,24,25,26,27)/p+1. The molecule has 0 atom stereocenters. The van der Waals surface area contributed by atoms with Crippen molar-refractivity contribution in [1.82, 2.24) is 15.0 Å². The van der Waals surface area contributed by atoms with Crippen LogP contribution in [0.3, 0.4) is 0 Å². The molecule has 0 radical (unpaired) electrons. The Morgan fingerprint density at radius 2 is 1.41 bits per heavy atom. The van der Waals surface area contributed by atoms with Gasteiger partial charge in [-0.2, -0.15) is 4.98 Å². The first-order valence-electron chi connectivity index (χ1n) is 8.20. The third kappa shape index (κ3) is 3.49. The number of hydrogen-bond donors (Lipinski definition) is 3. The second-order valence-corrected chi connectivity index (χ2v) is 5.69. The van der Waals surface area contributed by atoms with E-state index in [0.29, 0.717) is 22.3 Å². The molecule has 8 heteroatoms. The minimum absolute atomic E-state index is 0.0792. The molecule has 2 aromatic carbocycles. The van der Waals surface area contributed by atoms with Crippen molar-refractivity contribution in [2.24, 2.45) is 0 Å². The van der Waals surface area contributed by atoms with Gasteiger partial charge in [-0.15, -0.1) is 0 Å². The number of carbonyl (C=O) groups is 2. The number of benzene rings is 2. The molecule has 4 aromatic rings. The molecule has 0 saturated carbocycles. The maximum atomic E-state index is 12.5. The summed E-state index contributed by atoms with van der Waals surface area (Å²) < 4.78 is 0. The normalized spacial score (nSPS) is 10.5. The van der Waals surface area contributed by atoms with Crippen molar-refractivity contribution in [3.8, 4) is 0 Å². The van der Waals surface area contributed by atoms with Gasteiger partial charge in [-0.25, -0.2) is 4.98 Å². The summed E-state index contributed by atoms with van der Waals surface area (Å²) in [4.78, 5) is 39.2. The van der Waals surface area contributed by atoms with Gasteiger partial charge in [0, 0.05) is 11.1 Å². The molecule has 0 fully saturated rings. The van der Waals surface area contributed by atoms with Crippen LogP contribution in [0.5, 0.6) is 0 Å². The number of fused-ring (bicyclic) bond motifs is 1. The highest BCUT2D eigenvalue weighted by Gasteiger charge is 2.20. The molecule has 4 N–H and O–H groups in total. The van der Waals surface area contributed by atoms with Crippen LogP contribution in [-0.4, -0.2) is 26.8 Å². The number of imidazole rings is 1. The Balaban J connectivity index is 1.64. The van der Waals surface area contributed by atoms with E-state index in [0.717, 1.165) is 0 Å². The van der Waals surface area contributed by atoms with Gasteiger partial charge in [-0.3, -0.25) is 19.9 Å². The molecular formula is C19H15N6O2+. The van der Waals surface area contributed by atoms with Crippen molar-refractivity contribution in [2.45, 2.75) is 0 Å². The maximum absolute atomic E-state index is 12.5. The van der Waals surface area contributed by atoms with Crippen molar-refractivity contribution in [3.05, 3.63) is 78.1 Å². The van der Waals surface area contributed by atoms with E-state index in [1.165, 1.54) is 0 Å². The van der Waals surface area contributed by atoms with Crippen LogP contribution in [0.2, 0.25) is 0 Å². The highest BCUT2D eigenvalue weighted by molar-refractivity contribution is 6.07. The molecule has 0 unspecified atom stereocenters. The molecule has 0 aliphatic heterocycles. The van der Waals surface area contributed by atoms with Gasteiger partial charge in [0.1, 0.15) is 0 Å². The summed E-state index contributed by atoms with van der Waals surface area (Å²) in [5, 5.41) is 5.40. The van der Waals surface area contributed by atoms with Gasteiger partial charge >= 0.3 is 11.6 Å². The minimum atomic E-state index is -0.342. The van der Waals surface area contributed by atoms with Crippen molar-refractivity contribution in [2.75, 3.05) is 10.6 Å². The molecule has 4 rings (SSSR count). The van der Waals surface area contributed by atoms with Crippen LogP contribution in [0.1, 0.15) is 20.7 Å². The molecule has 2 heterocycles. The summed E-state index contributed by atoms with van der Waals surface area (Å²) in [5.74, 6) is -0.314. The van der Waals surface area contributed by atoms with E-state index in [2.05, 4.69) is 30.6 Å². The summed E-state index contributed by atoms with van der Waals surface area (Å²) in [7, 11) is 0. The summed E-state index contributed by atoms with van der Waals surface area (Å²) >= 11 is 0. The fraction of sp³-hybridized carbons (Fsp3) is 0. The number of H-pyrrole nitrogens is 2. The first-order chi connectivity index (χ1) is 13.2. The number of amides is 2. The molecule has 0 bridgehead atoms. The zero-order valence-corrected chi connectivity index (χ0v) is 14.1. The van der Waals surface area contributed by atoms with Crippen molar-refractivity contribution < 1.29 is 14.6 Å². The van der Waals surface area contributed by atoms with E-state index in [9.17, 15) is 9.59 Å². The van der Waals surface area contributed by atoms with E-state index in [1.807, 2.05) is 12.1 Å². The third-order valence-electron chi connectivity index (χ3n) is 3.86. The smallest absolute Gasteiger partial charge is 0.303 e. The second kappa shape index (κ2) is 7.04. The molecule has 8 nitrogen and oxygen atoms in total. The molecule has 2 amide bonds. The fourth-order valence-electron chi connectivity index (χ4n) is 2.56. The number of nitrogens with one attached hydrogen (secondary N) is 4. The monoisotopic (exact) mass is 359 g/mol. The van der Waals surface area contributed by atoms with Gasteiger partial charge < -0.3 is 5.32 Å². The first-order valence-corrected chi connectivity index (χ1v) is 8.20. The minimum Gasteiger partial charge on any atom is -0.303 e. The largest absolute Gasteiger partial charge is 0.309 e. The second-order valence-electron chi connectivity index (χ2n) is 5.69. The summed E-state index contributed by atoms with van der Waals surface area (Å²) in [5.41, 5.74) is 1.96. The molecule has 2 aromatic heterocycles. The van der Waals surface area contributed by atoms with E-state index >= 15 is 0 Å². The molecule has 0 aliphatic carbocycles. The van der Waals surface area contributed by atoms with Gasteiger partial charge in [0.2, 0.25) is 5.52 Å². The summed E-state index contributed by atoms with van der Waals surface area (Å²) in [6.45, 7) is 0. The van der Waals surface area contributed by atoms with Crippen LogP contribution in [-0.2, 0) is 0 Å². The molecule has 132 valence electrons. The lowest BCUT2D eigenvalue weighted by molar-refractivity contribution is -0.347. The topological polar surface area (TPSA) is 114 Å². The molecule has 27 heavy (non-hydrogen) atoms. The van der Waals surface area contributed by atoms with E-state index in [1.54, 1.807) is 54.9 Å². The Labute approximate surface area is 153 Å². The van der Waals surface area contributed by atoms with Crippen LogP contribution in [0.15, 0.2) is 67.0 Å². The van der Waals surface area contributed by atoms with Gasteiger partial charge in [0.25, 0.3) is 11.8 Å². The SMILES string of the molecule is O=C(Nc1nc(NC(=O)c2ccccc2)c2[nH]c[nH+]c2n1)c1ccccc1. The number of nitrogens with zero attached hydrogens (tertiary/aromatic N) is 2. The van der Waals surface area contributed by atoms with Gasteiger partial charge in [-0.05, 0) is 24.3 Å². The van der Waals surface area contributed by atoms with Crippen molar-refractivity contribution in [1.29, 1.82) is 0 Å². The quantitative estimate of drug-likeness (QED) is 0.518. The third-order valence-corrected chi connectivity index (χ3v) is 3.86. The van der Waals surface area contributed by atoms with E-state index < -0.39 is 0 Å².